The summed E-state index contributed by atoms with van der Waals surface area (Å²) in [5.74, 6) is 0.919. The predicted molar refractivity (Wildman–Crippen MR) is 200 cm³/mol. The van der Waals surface area contributed by atoms with Gasteiger partial charge in [0.05, 0.1) is 22.2 Å². The summed E-state index contributed by atoms with van der Waals surface area (Å²) in [6, 6.07) is 51.3. The van der Waals surface area contributed by atoms with Crippen LogP contribution in [0.1, 0.15) is 36.6 Å². The van der Waals surface area contributed by atoms with Gasteiger partial charge in [-0.25, -0.2) is 0 Å². The van der Waals surface area contributed by atoms with Crippen molar-refractivity contribution in [3.8, 4) is 33.6 Å². The topological polar surface area (TPSA) is 9.86 Å². The quantitative estimate of drug-likeness (QED) is 0.189. The number of aryl methyl sites for hydroxylation is 1. The maximum atomic E-state index is 2.49. The average Bonchev–Trinajstić information content (AvgIpc) is 3.63. The number of rotatable bonds is 4. The van der Waals surface area contributed by atoms with Crippen LogP contribution in [0.2, 0.25) is 0 Å². The molecule has 8 aromatic rings. The lowest BCUT2D eigenvalue weighted by molar-refractivity contribution is 0.587. The van der Waals surface area contributed by atoms with Crippen LogP contribution in [0.5, 0.6) is 0 Å². The summed E-state index contributed by atoms with van der Waals surface area (Å²) in [6.45, 7) is 6.88. The lowest BCUT2D eigenvalue weighted by atomic mass is 9.82. The van der Waals surface area contributed by atoms with Gasteiger partial charge in [-0.05, 0) is 95.1 Å². The third-order valence-corrected chi connectivity index (χ3v) is 10.3. The van der Waals surface area contributed by atoms with Gasteiger partial charge in [0.1, 0.15) is 0 Å². The van der Waals surface area contributed by atoms with Crippen LogP contribution in [0.15, 0.2) is 146 Å². The van der Waals surface area contributed by atoms with Crippen LogP contribution < -0.4 is 0 Å². The van der Waals surface area contributed by atoms with E-state index in [1.54, 1.807) is 0 Å². The lowest BCUT2D eigenvalue weighted by Crippen LogP contribution is -2.10. The fourth-order valence-corrected chi connectivity index (χ4v) is 7.91. The predicted octanol–water partition coefficient (Wildman–Crippen LogP) is 12.1. The second kappa shape index (κ2) is 10.7. The molecule has 0 saturated carbocycles. The molecule has 0 fully saturated rings. The van der Waals surface area contributed by atoms with Crippen molar-refractivity contribution >= 4 is 38.8 Å². The summed E-state index contributed by atoms with van der Waals surface area (Å²) in [7, 11) is 0. The molecule has 1 aliphatic rings. The molecule has 2 atom stereocenters. The Bertz CT molecular complexity index is 2510. The Morgan fingerprint density at radius 2 is 1.19 bits per heavy atom. The molecule has 2 heterocycles. The molecule has 0 amide bonds. The van der Waals surface area contributed by atoms with E-state index in [1.165, 1.54) is 83.2 Å². The van der Waals surface area contributed by atoms with E-state index in [9.17, 15) is 0 Å². The molecular formula is C45H36N2. The summed E-state index contributed by atoms with van der Waals surface area (Å²) in [5, 5.41) is 3.88. The third kappa shape index (κ3) is 4.25. The Balaban J connectivity index is 1.30. The van der Waals surface area contributed by atoms with Crippen molar-refractivity contribution in [3.63, 3.8) is 0 Å². The van der Waals surface area contributed by atoms with E-state index >= 15 is 0 Å². The molecule has 1 aliphatic carbocycles. The second-order valence-corrected chi connectivity index (χ2v) is 13.1. The van der Waals surface area contributed by atoms with Crippen molar-refractivity contribution in [2.75, 3.05) is 0 Å². The van der Waals surface area contributed by atoms with Crippen LogP contribution in [0, 0.1) is 12.8 Å². The minimum Gasteiger partial charge on any atom is -0.309 e. The SMILES string of the molecule is Cc1cccc(-n2c3ccccc3c3cc(-c4ccccc4-c4cccc5c6c(n(-c7ccccc7)c45)C=CC(C)C6C)ccc32)c1. The summed E-state index contributed by atoms with van der Waals surface area (Å²) in [6.07, 6.45) is 4.72. The third-order valence-electron chi connectivity index (χ3n) is 10.3. The van der Waals surface area contributed by atoms with E-state index in [1.807, 2.05) is 0 Å². The maximum absolute atomic E-state index is 2.49. The highest BCUT2D eigenvalue weighted by molar-refractivity contribution is 6.11. The highest BCUT2D eigenvalue weighted by atomic mass is 15.0. The molecule has 226 valence electrons. The zero-order valence-corrected chi connectivity index (χ0v) is 27.0. The van der Waals surface area contributed by atoms with Crippen molar-refractivity contribution in [3.05, 3.63) is 162 Å². The van der Waals surface area contributed by atoms with E-state index in [0.29, 0.717) is 11.8 Å². The van der Waals surface area contributed by atoms with Gasteiger partial charge in [0, 0.05) is 33.1 Å². The number of allylic oxidation sites excluding steroid dienone is 1. The van der Waals surface area contributed by atoms with Crippen LogP contribution in [-0.4, -0.2) is 9.13 Å². The van der Waals surface area contributed by atoms with Gasteiger partial charge in [-0.2, -0.15) is 0 Å². The van der Waals surface area contributed by atoms with Gasteiger partial charge in [0.25, 0.3) is 0 Å². The summed E-state index contributed by atoms with van der Waals surface area (Å²) in [4.78, 5) is 0. The van der Waals surface area contributed by atoms with Gasteiger partial charge >= 0.3 is 0 Å². The minimum absolute atomic E-state index is 0.432. The maximum Gasteiger partial charge on any atom is 0.0616 e. The van der Waals surface area contributed by atoms with Gasteiger partial charge < -0.3 is 9.13 Å². The molecule has 2 nitrogen and oxygen atoms in total. The average molecular weight is 605 g/mol. The fourth-order valence-electron chi connectivity index (χ4n) is 7.91. The fraction of sp³-hybridized carbons (Fsp3) is 0.111. The van der Waals surface area contributed by atoms with Crippen molar-refractivity contribution in [2.45, 2.75) is 26.7 Å². The highest BCUT2D eigenvalue weighted by Crippen LogP contribution is 2.46. The largest absolute Gasteiger partial charge is 0.309 e. The van der Waals surface area contributed by atoms with E-state index in [-0.39, 0.29) is 0 Å². The van der Waals surface area contributed by atoms with Crippen molar-refractivity contribution in [1.82, 2.24) is 9.13 Å². The lowest BCUT2D eigenvalue weighted by Gasteiger charge is -2.22. The number of nitrogens with zero attached hydrogens (tertiary/aromatic N) is 2. The Kier molecular flexibility index (Phi) is 6.33. The Hall–Kier alpha value is -5.60. The molecule has 2 aromatic heterocycles. The van der Waals surface area contributed by atoms with Crippen LogP contribution in [0.3, 0.4) is 0 Å². The molecule has 0 radical (unpaired) electrons. The van der Waals surface area contributed by atoms with Crippen molar-refractivity contribution < 1.29 is 0 Å². The zero-order valence-electron chi connectivity index (χ0n) is 27.0. The van der Waals surface area contributed by atoms with E-state index in [4.69, 9.17) is 0 Å². The molecule has 9 rings (SSSR count). The molecule has 47 heavy (non-hydrogen) atoms. The van der Waals surface area contributed by atoms with Gasteiger partial charge in [-0.15, -0.1) is 0 Å². The number of hydrogen-bond donors (Lipinski definition) is 0. The molecular weight excluding hydrogens is 569 g/mol. The monoisotopic (exact) mass is 604 g/mol. The molecule has 2 unspecified atom stereocenters. The number of fused-ring (bicyclic) bond motifs is 6. The van der Waals surface area contributed by atoms with Crippen LogP contribution in [-0.2, 0) is 0 Å². The number of aromatic nitrogens is 2. The molecule has 0 saturated heterocycles. The van der Waals surface area contributed by atoms with E-state index in [0.717, 1.165) is 0 Å². The Morgan fingerprint density at radius 3 is 2.04 bits per heavy atom. The number of para-hydroxylation sites is 3. The standard InChI is InChI=1S/C45H36N2/c1-29-13-11-16-34(27-29)46-41-22-10-9-19-37(41)40-28-32(24-26-42(40)46)35-17-7-8-18-36(35)38-20-12-21-39-44-31(3)30(2)23-25-43(44)47(45(38)39)33-14-5-4-6-15-33/h4-28,30-31H,1-3H3. The number of benzene rings is 6. The van der Waals surface area contributed by atoms with Crippen LogP contribution in [0.4, 0.5) is 0 Å². The second-order valence-electron chi connectivity index (χ2n) is 13.1. The molecule has 6 aromatic carbocycles. The normalized spacial score (nSPS) is 15.9. The van der Waals surface area contributed by atoms with Gasteiger partial charge in [-0.3, -0.25) is 0 Å². The van der Waals surface area contributed by atoms with Crippen molar-refractivity contribution in [2.24, 2.45) is 5.92 Å². The zero-order chi connectivity index (χ0) is 31.6. The Labute approximate surface area is 275 Å². The highest BCUT2D eigenvalue weighted by Gasteiger charge is 2.28. The molecule has 0 N–H and O–H groups in total. The molecule has 0 aliphatic heterocycles. The first kappa shape index (κ1) is 27.7. The first-order valence-electron chi connectivity index (χ1n) is 16.7. The molecule has 0 spiro atoms. The van der Waals surface area contributed by atoms with Crippen LogP contribution >= 0.6 is 0 Å². The first-order chi connectivity index (χ1) is 23.1. The van der Waals surface area contributed by atoms with Crippen molar-refractivity contribution in [1.29, 1.82) is 0 Å². The van der Waals surface area contributed by atoms with Gasteiger partial charge in [0.15, 0.2) is 0 Å². The van der Waals surface area contributed by atoms with E-state index < -0.39 is 0 Å². The summed E-state index contributed by atoms with van der Waals surface area (Å²) < 4.78 is 4.90. The van der Waals surface area contributed by atoms with Gasteiger partial charge in [-0.1, -0.05) is 117 Å². The number of hydrogen-bond acceptors (Lipinski definition) is 0. The molecule has 2 heteroatoms. The summed E-state index contributed by atoms with van der Waals surface area (Å²) >= 11 is 0. The summed E-state index contributed by atoms with van der Waals surface area (Å²) in [5.41, 5.74) is 15.1. The van der Waals surface area contributed by atoms with Crippen LogP contribution in [0.25, 0.3) is 72.4 Å². The molecule has 0 bridgehead atoms. The van der Waals surface area contributed by atoms with Gasteiger partial charge in [0.2, 0.25) is 0 Å². The smallest absolute Gasteiger partial charge is 0.0616 e. The minimum atomic E-state index is 0.432. The van der Waals surface area contributed by atoms with E-state index in [2.05, 4.69) is 182 Å². The first-order valence-corrected chi connectivity index (χ1v) is 16.7. The Morgan fingerprint density at radius 1 is 0.511 bits per heavy atom.